The van der Waals surface area contributed by atoms with Crippen LogP contribution < -0.4 is 4.74 Å². The Morgan fingerprint density at radius 1 is 1.26 bits per heavy atom. The summed E-state index contributed by atoms with van der Waals surface area (Å²) in [6, 6.07) is 7.78. The summed E-state index contributed by atoms with van der Waals surface area (Å²) in [6.45, 7) is 3.22. The molecule has 2 aromatic rings. The van der Waals surface area contributed by atoms with Crippen LogP contribution in [0.25, 0.3) is 0 Å². The molecule has 2 heterocycles. The van der Waals surface area contributed by atoms with Gasteiger partial charge in [-0.1, -0.05) is 17.7 Å². The third-order valence-electron chi connectivity index (χ3n) is 3.86. The van der Waals surface area contributed by atoms with Crippen LogP contribution in [-0.4, -0.2) is 40.0 Å². The fourth-order valence-corrected chi connectivity index (χ4v) is 2.65. The molecule has 0 unspecified atom stereocenters. The maximum atomic E-state index is 12.8. The van der Waals surface area contributed by atoms with Gasteiger partial charge in [0.05, 0.1) is 12.4 Å². The Hall–Kier alpha value is -2.50. The van der Waals surface area contributed by atoms with Crippen LogP contribution in [0.5, 0.6) is 6.01 Å². The first-order valence-corrected chi connectivity index (χ1v) is 7.62. The van der Waals surface area contributed by atoms with Crippen LogP contribution in [0.4, 0.5) is 4.39 Å². The fraction of sp³-hybridized carbons (Fsp3) is 0.353. The first-order valence-electron chi connectivity index (χ1n) is 7.62. The molecule has 0 saturated carbocycles. The second-order valence-corrected chi connectivity index (χ2v) is 5.66. The monoisotopic (exact) mass is 315 g/mol. The first kappa shape index (κ1) is 15.4. The largest absolute Gasteiger partial charge is 0.460 e. The van der Waals surface area contributed by atoms with Gasteiger partial charge >= 0.3 is 6.01 Å². The lowest BCUT2D eigenvalue weighted by molar-refractivity contribution is 0.0578. The summed E-state index contributed by atoms with van der Waals surface area (Å²) in [5.74, 6) is -0.443. The molecular formula is C17H18FN3O2. The van der Waals surface area contributed by atoms with Crippen molar-refractivity contribution in [3.8, 4) is 6.01 Å². The zero-order valence-electron chi connectivity index (χ0n) is 12.9. The van der Waals surface area contributed by atoms with Crippen LogP contribution in [0, 0.1) is 12.7 Å². The van der Waals surface area contributed by atoms with E-state index in [9.17, 15) is 9.18 Å². The van der Waals surface area contributed by atoms with Gasteiger partial charge in [0.15, 0.2) is 5.82 Å². The fourth-order valence-electron chi connectivity index (χ4n) is 2.65. The molecular weight excluding hydrogens is 297 g/mol. The maximum Gasteiger partial charge on any atom is 0.316 e. The van der Waals surface area contributed by atoms with Crippen LogP contribution in [0.3, 0.4) is 0 Å². The molecule has 1 aliphatic heterocycles. The molecule has 23 heavy (non-hydrogen) atoms. The predicted octanol–water partition coefficient (Wildman–Crippen LogP) is 2.61. The Balaban J connectivity index is 1.55. The zero-order valence-corrected chi connectivity index (χ0v) is 12.9. The van der Waals surface area contributed by atoms with E-state index in [1.54, 1.807) is 0 Å². The van der Waals surface area contributed by atoms with E-state index < -0.39 is 5.82 Å². The Bertz CT molecular complexity index is 682. The van der Waals surface area contributed by atoms with Crippen molar-refractivity contribution in [3.63, 3.8) is 0 Å². The minimum atomic E-state index is -0.490. The molecule has 1 saturated heterocycles. The number of hydrogen-bond acceptors (Lipinski definition) is 4. The van der Waals surface area contributed by atoms with E-state index in [1.807, 2.05) is 36.1 Å². The van der Waals surface area contributed by atoms with Gasteiger partial charge in [-0.15, -0.1) is 0 Å². The molecule has 1 fully saturated rings. The number of amides is 1. The number of piperidine rings is 1. The van der Waals surface area contributed by atoms with Gasteiger partial charge in [0.2, 0.25) is 0 Å². The highest BCUT2D eigenvalue weighted by atomic mass is 19.1. The SMILES string of the molecule is Cc1cccc(C(=O)N2CCC(Oc3ncc(F)cn3)CC2)c1. The quantitative estimate of drug-likeness (QED) is 0.873. The lowest BCUT2D eigenvalue weighted by Crippen LogP contribution is -2.42. The molecule has 0 N–H and O–H groups in total. The number of benzene rings is 1. The van der Waals surface area contributed by atoms with Gasteiger partial charge in [0.1, 0.15) is 6.10 Å². The molecule has 0 aliphatic carbocycles. The van der Waals surface area contributed by atoms with Crippen LogP contribution in [0.15, 0.2) is 36.7 Å². The third kappa shape index (κ3) is 3.83. The minimum absolute atomic E-state index is 0.0465. The van der Waals surface area contributed by atoms with Gasteiger partial charge in [-0.05, 0) is 19.1 Å². The minimum Gasteiger partial charge on any atom is -0.460 e. The summed E-state index contributed by atoms with van der Waals surface area (Å²) in [5, 5.41) is 0. The van der Waals surface area contributed by atoms with Gasteiger partial charge < -0.3 is 9.64 Å². The van der Waals surface area contributed by atoms with E-state index in [1.165, 1.54) is 0 Å². The summed E-state index contributed by atoms with van der Waals surface area (Å²) in [5.41, 5.74) is 1.79. The Morgan fingerprint density at radius 2 is 1.96 bits per heavy atom. The van der Waals surface area contributed by atoms with Crippen LogP contribution in [0.2, 0.25) is 0 Å². The molecule has 6 heteroatoms. The number of hydrogen-bond donors (Lipinski definition) is 0. The summed E-state index contributed by atoms with van der Waals surface area (Å²) < 4.78 is 18.4. The summed E-state index contributed by atoms with van der Waals surface area (Å²) >= 11 is 0. The van der Waals surface area contributed by atoms with Crippen molar-refractivity contribution >= 4 is 5.91 Å². The van der Waals surface area contributed by atoms with Crippen molar-refractivity contribution < 1.29 is 13.9 Å². The number of likely N-dealkylation sites (tertiary alicyclic amines) is 1. The highest BCUT2D eigenvalue weighted by Crippen LogP contribution is 2.18. The highest BCUT2D eigenvalue weighted by Gasteiger charge is 2.25. The van der Waals surface area contributed by atoms with Crippen LogP contribution >= 0.6 is 0 Å². The highest BCUT2D eigenvalue weighted by molar-refractivity contribution is 5.94. The van der Waals surface area contributed by atoms with Crippen molar-refractivity contribution in [2.24, 2.45) is 0 Å². The first-order chi connectivity index (χ1) is 11.1. The van der Waals surface area contributed by atoms with Crippen molar-refractivity contribution in [2.45, 2.75) is 25.9 Å². The number of aromatic nitrogens is 2. The molecule has 1 aromatic carbocycles. The lowest BCUT2D eigenvalue weighted by atomic mass is 10.1. The van der Waals surface area contributed by atoms with E-state index in [0.29, 0.717) is 31.5 Å². The Morgan fingerprint density at radius 3 is 2.61 bits per heavy atom. The lowest BCUT2D eigenvalue weighted by Gasteiger charge is -2.31. The topological polar surface area (TPSA) is 55.3 Å². The van der Waals surface area contributed by atoms with E-state index >= 15 is 0 Å². The number of carbonyl (C=O) groups excluding carboxylic acids is 1. The Kier molecular flexibility index (Phi) is 4.50. The van der Waals surface area contributed by atoms with E-state index in [0.717, 1.165) is 18.0 Å². The smallest absolute Gasteiger partial charge is 0.316 e. The third-order valence-corrected chi connectivity index (χ3v) is 3.86. The van der Waals surface area contributed by atoms with E-state index in [4.69, 9.17) is 4.74 Å². The number of rotatable bonds is 3. The molecule has 1 amide bonds. The van der Waals surface area contributed by atoms with Crippen molar-refractivity contribution in [1.82, 2.24) is 14.9 Å². The molecule has 1 aliphatic rings. The number of ether oxygens (including phenoxy) is 1. The number of carbonyl (C=O) groups is 1. The summed E-state index contributed by atoms with van der Waals surface area (Å²) in [7, 11) is 0. The van der Waals surface area contributed by atoms with Crippen molar-refractivity contribution in [2.75, 3.05) is 13.1 Å². The summed E-state index contributed by atoms with van der Waals surface area (Å²) in [6.07, 6.45) is 3.52. The summed E-state index contributed by atoms with van der Waals surface area (Å²) in [4.78, 5) is 21.9. The second-order valence-electron chi connectivity index (χ2n) is 5.66. The van der Waals surface area contributed by atoms with Crippen molar-refractivity contribution in [3.05, 3.63) is 53.6 Å². The van der Waals surface area contributed by atoms with Crippen molar-refractivity contribution in [1.29, 1.82) is 0 Å². The molecule has 1 aromatic heterocycles. The van der Waals surface area contributed by atoms with Crippen LogP contribution in [0.1, 0.15) is 28.8 Å². The molecule has 0 atom stereocenters. The van der Waals surface area contributed by atoms with Gasteiger partial charge in [0, 0.05) is 31.5 Å². The average molecular weight is 315 g/mol. The van der Waals surface area contributed by atoms with Gasteiger partial charge in [-0.3, -0.25) is 4.79 Å². The Labute approximate surface area is 134 Å². The number of halogens is 1. The van der Waals surface area contributed by atoms with Gasteiger partial charge in [0.25, 0.3) is 5.91 Å². The molecule has 0 radical (unpaired) electrons. The van der Waals surface area contributed by atoms with Crippen LogP contribution in [-0.2, 0) is 0 Å². The molecule has 5 nitrogen and oxygen atoms in total. The zero-order chi connectivity index (χ0) is 16.2. The van der Waals surface area contributed by atoms with E-state index in [-0.39, 0.29) is 18.0 Å². The molecule has 0 spiro atoms. The molecule has 0 bridgehead atoms. The normalized spacial score (nSPS) is 15.5. The molecule has 3 rings (SSSR count). The second kappa shape index (κ2) is 6.73. The van der Waals surface area contributed by atoms with Gasteiger partial charge in [-0.25, -0.2) is 14.4 Å². The standard InChI is InChI=1S/C17H18FN3O2/c1-12-3-2-4-13(9-12)16(22)21-7-5-15(6-8-21)23-17-19-10-14(18)11-20-17/h2-4,9-11,15H,5-8H2,1H3. The predicted molar refractivity (Wildman–Crippen MR) is 82.7 cm³/mol. The maximum absolute atomic E-state index is 12.8. The van der Waals surface area contributed by atoms with Gasteiger partial charge in [-0.2, -0.15) is 0 Å². The number of nitrogens with zero attached hydrogens (tertiary/aromatic N) is 3. The molecule has 120 valence electrons. The average Bonchev–Trinajstić information content (AvgIpc) is 2.57. The van der Waals surface area contributed by atoms with E-state index in [2.05, 4.69) is 9.97 Å². The number of aryl methyl sites for hydroxylation is 1.